The Bertz CT molecular complexity index is 1060. The average Bonchev–Trinajstić information content (AvgIpc) is 2.64. The largest absolute Gasteiger partial charge is 0.366 e. The van der Waals surface area contributed by atoms with Gasteiger partial charge in [-0.3, -0.25) is 14.4 Å². The normalized spacial score (nSPS) is 10.4. The molecule has 3 N–H and O–H groups in total. The van der Waals surface area contributed by atoms with Crippen molar-refractivity contribution in [3.05, 3.63) is 98.9 Å². The van der Waals surface area contributed by atoms with E-state index in [1.54, 1.807) is 42.6 Å². The Balaban J connectivity index is 1.81. The highest BCUT2D eigenvalue weighted by Gasteiger charge is 2.13. The summed E-state index contributed by atoms with van der Waals surface area (Å²) in [7, 11) is 0. The number of nitrogens with one attached hydrogen (secondary N) is 1. The molecule has 0 atom stereocenters. The fourth-order valence-electron chi connectivity index (χ4n) is 2.58. The number of nitrogens with two attached hydrogens (primary N) is 1. The number of carbonyl (C=O) groups excluding carboxylic acids is 2. The fourth-order valence-corrected chi connectivity index (χ4v) is 2.80. The van der Waals surface area contributed by atoms with Crippen molar-refractivity contribution in [3.8, 4) is 0 Å². The van der Waals surface area contributed by atoms with Crippen molar-refractivity contribution in [2.24, 2.45) is 5.73 Å². The van der Waals surface area contributed by atoms with Crippen molar-refractivity contribution in [2.75, 3.05) is 5.32 Å². The second kappa shape index (κ2) is 7.88. The number of anilines is 1. The van der Waals surface area contributed by atoms with Gasteiger partial charge in [0.25, 0.3) is 11.5 Å². The summed E-state index contributed by atoms with van der Waals surface area (Å²) in [5, 5.41) is 3.22. The number of amides is 2. The van der Waals surface area contributed by atoms with Gasteiger partial charge in [-0.25, -0.2) is 0 Å². The van der Waals surface area contributed by atoms with E-state index in [4.69, 9.17) is 17.3 Å². The maximum absolute atomic E-state index is 12.6. The van der Waals surface area contributed by atoms with Crippen LogP contribution in [0, 0.1) is 0 Å². The summed E-state index contributed by atoms with van der Waals surface area (Å²) in [6, 6.07) is 16.4. The number of hydrogen-bond donors (Lipinski definition) is 2. The van der Waals surface area contributed by atoms with Crippen LogP contribution in [0.25, 0.3) is 0 Å². The molecule has 0 saturated heterocycles. The monoisotopic (exact) mass is 381 g/mol. The van der Waals surface area contributed by atoms with Crippen LogP contribution in [0.4, 0.5) is 5.69 Å². The highest BCUT2D eigenvalue weighted by Crippen LogP contribution is 2.12. The number of nitrogens with zero attached hydrogens (tertiary/aromatic N) is 1. The second-order valence-corrected chi connectivity index (χ2v) is 6.32. The van der Waals surface area contributed by atoms with Crippen LogP contribution in [0.2, 0.25) is 5.02 Å². The molecule has 136 valence electrons. The minimum absolute atomic E-state index is 0.0125. The molecule has 7 heteroatoms. The minimum Gasteiger partial charge on any atom is -0.366 e. The molecule has 0 saturated carbocycles. The minimum atomic E-state index is -0.556. The first kappa shape index (κ1) is 18.4. The van der Waals surface area contributed by atoms with Gasteiger partial charge in [0.1, 0.15) is 5.56 Å². The Labute approximate surface area is 160 Å². The summed E-state index contributed by atoms with van der Waals surface area (Å²) >= 11 is 5.97. The van der Waals surface area contributed by atoms with Gasteiger partial charge >= 0.3 is 0 Å². The summed E-state index contributed by atoms with van der Waals surface area (Å²) in [6.07, 6.45) is 1.61. The zero-order chi connectivity index (χ0) is 19.4. The molecule has 0 aliphatic carbocycles. The highest BCUT2D eigenvalue weighted by atomic mass is 35.5. The van der Waals surface area contributed by atoms with Gasteiger partial charge in [0.2, 0.25) is 5.91 Å². The third-order valence-corrected chi connectivity index (χ3v) is 4.17. The van der Waals surface area contributed by atoms with Gasteiger partial charge < -0.3 is 15.6 Å². The van der Waals surface area contributed by atoms with Crippen molar-refractivity contribution < 1.29 is 9.59 Å². The molecule has 2 amide bonds. The van der Waals surface area contributed by atoms with E-state index in [0.29, 0.717) is 22.8 Å². The van der Waals surface area contributed by atoms with E-state index in [9.17, 15) is 14.4 Å². The highest BCUT2D eigenvalue weighted by molar-refractivity contribution is 6.30. The van der Waals surface area contributed by atoms with Gasteiger partial charge in [0.15, 0.2) is 0 Å². The maximum Gasteiger partial charge on any atom is 0.263 e. The lowest BCUT2D eigenvalue weighted by Crippen LogP contribution is -2.29. The van der Waals surface area contributed by atoms with Crippen molar-refractivity contribution in [1.29, 1.82) is 0 Å². The molecule has 27 heavy (non-hydrogen) atoms. The van der Waals surface area contributed by atoms with Gasteiger partial charge in [-0.2, -0.15) is 0 Å². The van der Waals surface area contributed by atoms with Crippen LogP contribution in [0.15, 0.2) is 71.7 Å². The van der Waals surface area contributed by atoms with E-state index >= 15 is 0 Å². The molecule has 2 aromatic carbocycles. The van der Waals surface area contributed by atoms with Crippen molar-refractivity contribution in [1.82, 2.24) is 4.57 Å². The van der Waals surface area contributed by atoms with Gasteiger partial charge in [-0.05, 0) is 54.1 Å². The smallest absolute Gasteiger partial charge is 0.263 e. The number of benzene rings is 2. The molecule has 3 rings (SSSR count). The van der Waals surface area contributed by atoms with Crippen LogP contribution in [0.1, 0.15) is 26.3 Å². The third kappa shape index (κ3) is 4.43. The SMILES string of the molecule is NC(=O)c1ccc(NC(=O)c2cccn(Cc3cccc(Cl)c3)c2=O)cc1. The van der Waals surface area contributed by atoms with E-state index in [1.165, 1.54) is 22.8 Å². The first-order chi connectivity index (χ1) is 12.9. The number of halogens is 1. The predicted molar refractivity (Wildman–Crippen MR) is 104 cm³/mol. The zero-order valence-electron chi connectivity index (χ0n) is 14.2. The van der Waals surface area contributed by atoms with Crippen LogP contribution in [-0.2, 0) is 6.54 Å². The number of carbonyl (C=O) groups is 2. The molecule has 0 unspecified atom stereocenters. The topological polar surface area (TPSA) is 94.2 Å². The summed E-state index contributed by atoms with van der Waals surface area (Å²) < 4.78 is 1.44. The van der Waals surface area contributed by atoms with E-state index in [2.05, 4.69) is 5.32 Å². The van der Waals surface area contributed by atoms with Gasteiger partial charge in [-0.1, -0.05) is 23.7 Å². The third-order valence-electron chi connectivity index (χ3n) is 3.93. The number of primary amides is 1. The molecule has 0 spiro atoms. The van der Waals surface area contributed by atoms with Crippen molar-refractivity contribution >= 4 is 29.1 Å². The summed E-state index contributed by atoms with van der Waals surface area (Å²) in [4.78, 5) is 36.2. The Hall–Kier alpha value is -3.38. The molecule has 0 fully saturated rings. The van der Waals surface area contributed by atoms with Gasteiger partial charge in [0.05, 0.1) is 6.54 Å². The predicted octanol–water partition coefficient (Wildman–Crippen LogP) is 2.90. The number of aromatic nitrogens is 1. The lowest BCUT2D eigenvalue weighted by Gasteiger charge is -2.09. The average molecular weight is 382 g/mol. The first-order valence-electron chi connectivity index (χ1n) is 8.09. The molecular weight excluding hydrogens is 366 g/mol. The standard InChI is InChI=1S/C20H16ClN3O3/c21-15-4-1-3-13(11-15)12-24-10-2-5-17(20(24)27)19(26)23-16-8-6-14(7-9-16)18(22)25/h1-11H,12H2,(H2,22,25)(H,23,26). The Morgan fingerprint density at radius 1 is 1.04 bits per heavy atom. The van der Waals surface area contributed by atoms with Gasteiger partial charge in [-0.15, -0.1) is 0 Å². The molecule has 0 aliphatic rings. The van der Waals surface area contributed by atoms with E-state index < -0.39 is 17.4 Å². The van der Waals surface area contributed by atoms with E-state index in [-0.39, 0.29) is 5.56 Å². The number of rotatable bonds is 5. The summed E-state index contributed by atoms with van der Waals surface area (Å²) in [5.41, 5.74) is 6.42. The molecule has 1 aromatic heterocycles. The van der Waals surface area contributed by atoms with E-state index in [1.807, 2.05) is 6.07 Å². The molecule has 3 aromatic rings. The Kier molecular flexibility index (Phi) is 5.38. The molecule has 1 heterocycles. The van der Waals surface area contributed by atoms with Crippen LogP contribution < -0.4 is 16.6 Å². The first-order valence-corrected chi connectivity index (χ1v) is 8.47. The van der Waals surface area contributed by atoms with Crippen LogP contribution in [0.5, 0.6) is 0 Å². The van der Waals surface area contributed by atoms with Gasteiger partial charge in [0, 0.05) is 22.5 Å². The quantitative estimate of drug-likeness (QED) is 0.711. The number of pyridine rings is 1. The van der Waals surface area contributed by atoms with Crippen LogP contribution >= 0.6 is 11.6 Å². The summed E-state index contributed by atoms with van der Waals surface area (Å²) in [6.45, 7) is 0.299. The van der Waals surface area contributed by atoms with Crippen LogP contribution in [0.3, 0.4) is 0 Å². The number of hydrogen-bond acceptors (Lipinski definition) is 3. The molecule has 0 bridgehead atoms. The van der Waals surface area contributed by atoms with Crippen LogP contribution in [-0.4, -0.2) is 16.4 Å². The van der Waals surface area contributed by atoms with Crippen molar-refractivity contribution in [2.45, 2.75) is 6.54 Å². The molecule has 6 nitrogen and oxygen atoms in total. The second-order valence-electron chi connectivity index (χ2n) is 5.88. The molecule has 0 aliphatic heterocycles. The van der Waals surface area contributed by atoms with E-state index in [0.717, 1.165) is 5.56 Å². The summed E-state index contributed by atoms with van der Waals surface area (Å²) in [5.74, 6) is -1.09. The lowest BCUT2D eigenvalue weighted by atomic mass is 10.2. The Morgan fingerprint density at radius 2 is 1.78 bits per heavy atom. The zero-order valence-corrected chi connectivity index (χ0v) is 14.9. The van der Waals surface area contributed by atoms with Crippen molar-refractivity contribution in [3.63, 3.8) is 0 Å². The molecular formula is C20H16ClN3O3. The lowest BCUT2D eigenvalue weighted by molar-refractivity contribution is 0.0998. The fraction of sp³-hybridized carbons (Fsp3) is 0.0500. The molecule has 0 radical (unpaired) electrons. The maximum atomic E-state index is 12.6. The Morgan fingerprint density at radius 3 is 2.44 bits per heavy atom.